The molecule has 0 saturated heterocycles. The Labute approximate surface area is 178 Å². The lowest BCUT2D eigenvalue weighted by Crippen LogP contribution is -2.25. The molecule has 0 aliphatic heterocycles. The van der Waals surface area contributed by atoms with Gasteiger partial charge in [0.25, 0.3) is 5.56 Å². The molecule has 0 spiro atoms. The van der Waals surface area contributed by atoms with Gasteiger partial charge < -0.3 is 0 Å². The second-order valence-electron chi connectivity index (χ2n) is 7.85. The zero-order chi connectivity index (χ0) is 20.5. The molecule has 0 amide bonds. The molecule has 2 heterocycles. The van der Waals surface area contributed by atoms with Gasteiger partial charge in [0.2, 0.25) is 0 Å². The van der Waals surface area contributed by atoms with Crippen LogP contribution in [0.5, 0.6) is 0 Å². The third-order valence-electron chi connectivity index (χ3n) is 5.24. The van der Waals surface area contributed by atoms with Crippen molar-refractivity contribution in [1.29, 1.82) is 0 Å². The molecule has 3 aromatic rings. The first-order valence-corrected chi connectivity index (χ1v) is 11.6. The van der Waals surface area contributed by atoms with Crippen LogP contribution in [0.2, 0.25) is 0 Å². The van der Waals surface area contributed by atoms with Gasteiger partial charge in [-0.1, -0.05) is 61.2 Å². The summed E-state index contributed by atoms with van der Waals surface area (Å²) in [4.78, 5) is 32.9. The Morgan fingerprint density at radius 1 is 1.34 bits per heavy atom. The second kappa shape index (κ2) is 8.28. The van der Waals surface area contributed by atoms with E-state index in [1.54, 1.807) is 15.9 Å². The first-order chi connectivity index (χ1) is 13.9. The highest BCUT2D eigenvalue weighted by atomic mass is 32.2. The molecule has 0 radical (unpaired) electrons. The fourth-order valence-corrected chi connectivity index (χ4v) is 6.08. The third kappa shape index (κ3) is 4.09. The SMILES string of the molecule is C=C(C)Cn1c(SCC(=O)c2ccccc2)nc2sc3c(c2c1=O)CC[C@H](C)C3. The van der Waals surface area contributed by atoms with Crippen molar-refractivity contribution in [3.05, 3.63) is 68.8 Å². The first-order valence-electron chi connectivity index (χ1n) is 9.84. The minimum Gasteiger partial charge on any atom is -0.293 e. The van der Waals surface area contributed by atoms with E-state index in [4.69, 9.17) is 4.98 Å². The summed E-state index contributed by atoms with van der Waals surface area (Å²) in [6.45, 7) is 8.57. The van der Waals surface area contributed by atoms with Crippen molar-refractivity contribution >= 4 is 39.1 Å². The maximum Gasteiger partial charge on any atom is 0.263 e. The normalized spacial score (nSPS) is 16.0. The summed E-state index contributed by atoms with van der Waals surface area (Å²) in [6.07, 6.45) is 3.07. The molecule has 29 heavy (non-hydrogen) atoms. The van der Waals surface area contributed by atoms with E-state index in [9.17, 15) is 9.59 Å². The highest BCUT2D eigenvalue weighted by molar-refractivity contribution is 7.99. The Morgan fingerprint density at radius 2 is 2.10 bits per heavy atom. The van der Waals surface area contributed by atoms with Crippen molar-refractivity contribution in [2.24, 2.45) is 5.92 Å². The molecule has 6 heteroatoms. The van der Waals surface area contributed by atoms with Crippen LogP contribution in [0.15, 0.2) is 52.4 Å². The summed E-state index contributed by atoms with van der Waals surface area (Å²) >= 11 is 2.98. The van der Waals surface area contributed by atoms with E-state index in [-0.39, 0.29) is 17.1 Å². The molecule has 0 saturated carbocycles. The van der Waals surface area contributed by atoms with Crippen LogP contribution in [0.3, 0.4) is 0 Å². The lowest BCUT2D eigenvalue weighted by molar-refractivity contribution is 0.102. The second-order valence-corrected chi connectivity index (χ2v) is 9.88. The van der Waals surface area contributed by atoms with E-state index in [1.807, 2.05) is 37.3 Å². The molecule has 0 unspecified atom stereocenters. The van der Waals surface area contributed by atoms with Gasteiger partial charge >= 0.3 is 0 Å². The monoisotopic (exact) mass is 424 g/mol. The van der Waals surface area contributed by atoms with E-state index in [2.05, 4.69) is 13.5 Å². The van der Waals surface area contributed by atoms with E-state index in [1.165, 1.54) is 22.2 Å². The Kier molecular flexibility index (Phi) is 5.74. The van der Waals surface area contributed by atoms with Crippen LogP contribution in [-0.2, 0) is 19.4 Å². The average molecular weight is 425 g/mol. The van der Waals surface area contributed by atoms with Crippen LogP contribution in [0.1, 0.15) is 41.1 Å². The van der Waals surface area contributed by atoms with Gasteiger partial charge in [0.05, 0.1) is 11.1 Å². The summed E-state index contributed by atoms with van der Waals surface area (Å²) in [7, 11) is 0. The molecule has 4 nitrogen and oxygen atoms in total. The molecule has 1 atom stereocenters. The van der Waals surface area contributed by atoms with E-state index < -0.39 is 0 Å². The summed E-state index contributed by atoms with van der Waals surface area (Å²) < 4.78 is 1.69. The maximum atomic E-state index is 13.4. The van der Waals surface area contributed by atoms with Crippen LogP contribution >= 0.6 is 23.1 Å². The van der Waals surface area contributed by atoms with Gasteiger partial charge in [-0.2, -0.15) is 0 Å². The number of aromatic nitrogens is 2. The van der Waals surface area contributed by atoms with E-state index in [0.29, 0.717) is 23.2 Å². The smallest absolute Gasteiger partial charge is 0.263 e. The number of nitrogens with zero attached hydrogens (tertiary/aromatic N) is 2. The summed E-state index contributed by atoms with van der Waals surface area (Å²) in [5.74, 6) is 0.928. The lowest BCUT2D eigenvalue weighted by atomic mass is 9.89. The Hall–Kier alpha value is -2.18. The summed E-state index contributed by atoms with van der Waals surface area (Å²) in [5.41, 5.74) is 2.75. The van der Waals surface area contributed by atoms with Gasteiger partial charge in [-0.25, -0.2) is 4.98 Å². The number of thiophene rings is 1. The quantitative estimate of drug-likeness (QED) is 0.238. The average Bonchev–Trinajstić information content (AvgIpc) is 3.06. The van der Waals surface area contributed by atoms with Crippen LogP contribution in [0.4, 0.5) is 0 Å². The van der Waals surface area contributed by atoms with Crippen molar-refractivity contribution in [3.63, 3.8) is 0 Å². The number of hydrogen-bond acceptors (Lipinski definition) is 5. The van der Waals surface area contributed by atoms with Gasteiger partial charge in [0.15, 0.2) is 10.9 Å². The van der Waals surface area contributed by atoms with Gasteiger partial charge in [0.1, 0.15) is 4.83 Å². The van der Waals surface area contributed by atoms with Gasteiger partial charge in [-0.15, -0.1) is 11.3 Å². The van der Waals surface area contributed by atoms with E-state index >= 15 is 0 Å². The minimum atomic E-state index is -0.000266. The number of allylic oxidation sites excluding steroid dienone is 1. The number of aryl methyl sites for hydroxylation is 1. The number of Topliss-reactive ketones (excluding diaryl/α,β-unsaturated/α-hetero) is 1. The molecular formula is C23H24N2O2S2. The predicted octanol–water partition coefficient (Wildman–Crippen LogP) is 5.13. The number of fused-ring (bicyclic) bond motifs is 3. The van der Waals surface area contributed by atoms with Gasteiger partial charge in [-0.3, -0.25) is 14.2 Å². The predicted molar refractivity (Wildman–Crippen MR) is 121 cm³/mol. The number of thioether (sulfide) groups is 1. The molecule has 1 aliphatic rings. The number of hydrogen-bond donors (Lipinski definition) is 0. The van der Waals surface area contributed by atoms with Crippen LogP contribution in [0, 0.1) is 5.92 Å². The number of benzene rings is 1. The van der Waals surface area contributed by atoms with Crippen molar-refractivity contribution < 1.29 is 4.79 Å². The van der Waals surface area contributed by atoms with Crippen molar-refractivity contribution in [2.75, 3.05) is 5.75 Å². The largest absolute Gasteiger partial charge is 0.293 e. The molecule has 4 rings (SSSR count). The summed E-state index contributed by atoms with van der Waals surface area (Å²) in [6, 6.07) is 9.24. The maximum absolute atomic E-state index is 13.4. The molecule has 150 valence electrons. The number of carbonyl (C=O) groups excluding carboxylic acids is 1. The highest BCUT2D eigenvalue weighted by Crippen LogP contribution is 2.36. The molecule has 1 aromatic carbocycles. The Morgan fingerprint density at radius 3 is 2.83 bits per heavy atom. The highest BCUT2D eigenvalue weighted by Gasteiger charge is 2.25. The van der Waals surface area contributed by atoms with Crippen molar-refractivity contribution in [3.8, 4) is 0 Å². The fraction of sp³-hybridized carbons (Fsp3) is 0.348. The zero-order valence-electron chi connectivity index (χ0n) is 16.7. The standard InChI is InChI=1S/C23H24N2O2S2/c1-14(2)12-25-22(27)20-17-10-9-15(3)11-19(17)29-21(20)24-23(25)28-13-18(26)16-7-5-4-6-8-16/h4-8,15H,1,9-13H2,2-3H3/t15-/m0/s1. The third-order valence-corrected chi connectivity index (χ3v) is 7.36. The number of carbonyl (C=O) groups is 1. The molecule has 2 aromatic heterocycles. The van der Waals surface area contributed by atoms with Gasteiger partial charge in [-0.05, 0) is 37.7 Å². The molecular weight excluding hydrogens is 400 g/mol. The molecule has 0 fully saturated rings. The van der Waals surface area contributed by atoms with Crippen molar-refractivity contribution in [2.45, 2.75) is 44.8 Å². The van der Waals surface area contributed by atoms with E-state index in [0.717, 1.165) is 35.1 Å². The van der Waals surface area contributed by atoms with Crippen LogP contribution in [-0.4, -0.2) is 21.1 Å². The fourth-order valence-electron chi connectivity index (χ4n) is 3.76. The first kappa shape index (κ1) is 20.1. The topological polar surface area (TPSA) is 52.0 Å². The molecule has 0 bridgehead atoms. The zero-order valence-corrected chi connectivity index (χ0v) is 18.4. The number of ketones is 1. The lowest BCUT2D eigenvalue weighted by Gasteiger charge is -2.17. The molecule has 1 aliphatic carbocycles. The van der Waals surface area contributed by atoms with Gasteiger partial charge in [0, 0.05) is 17.0 Å². The Balaban J connectivity index is 1.73. The van der Waals surface area contributed by atoms with Crippen LogP contribution in [0.25, 0.3) is 10.2 Å². The van der Waals surface area contributed by atoms with Crippen LogP contribution < -0.4 is 5.56 Å². The summed E-state index contributed by atoms with van der Waals surface area (Å²) in [5, 5.41) is 1.37. The Bertz CT molecular complexity index is 1150. The van der Waals surface area contributed by atoms with Crippen molar-refractivity contribution in [1.82, 2.24) is 9.55 Å². The number of rotatable bonds is 6. The molecule has 0 N–H and O–H groups in total. The minimum absolute atomic E-state index is 0.000266.